The summed E-state index contributed by atoms with van der Waals surface area (Å²) in [5.74, 6) is 0.540. The molecular weight excluding hydrogens is 757 g/mol. The first-order valence-electron chi connectivity index (χ1n) is 17.4. The molecule has 0 amide bonds. The fourth-order valence-electron chi connectivity index (χ4n) is 6.46. The van der Waals surface area contributed by atoms with Gasteiger partial charge in [0.2, 0.25) is 0 Å². The van der Waals surface area contributed by atoms with Crippen LogP contribution in [0.1, 0.15) is 84.2 Å². The Morgan fingerprint density at radius 3 is 1.74 bits per heavy atom. The third-order valence-electron chi connectivity index (χ3n) is 9.95. The minimum absolute atomic E-state index is 0.0648. The van der Waals surface area contributed by atoms with E-state index in [4.69, 9.17) is 9.47 Å². The van der Waals surface area contributed by atoms with Gasteiger partial charge in [-0.1, -0.05) is 19.1 Å². The van der Waals surface area contributed by atoms with E-state index in [0.29, 0.717) is 71.3 Å². The summed E-state index contributed by atoms with van der Waals surface area (Å²) in [4.78, 5) is 49.9. The number of halogens is 3. The number of Topliss-reactive ketones (excluding diaryl/α,β-unsaturated/α-hetero) is 2. The Hall–Kier alpha value is -3.29. The topological polar surface area (TPSA) is 93.2 Å². The van der Waals surface area contributed by atoms with Crippen LogP contribution in [0.2, 0.25) is 0 Å². The molecule has 270 valence electrons. The van der Waals surface area contributed by atoms with E-state index in [2.05, 4.69) is 27.7 Å². The maximum atomic E-state index is 14.5. The van der Waals surface area contributed by atoms with Gasteiger partial charge in [-0.25, -0.2) is 4.39 Å². The molecule has 6 rings (SSSR count). The van der Waals surface area contributed by atoms with Crippen LogP contribution < -0.4 is 21.2 Å². The zero-order valence-corrected chi connectivity index (χ0v) is 30.9. The normalized spacial score (nSPS) is 22.9. The Morgan fingerprint density at radius 1 is 0.760 bits per heavy atom. The Morgan fingerprint density at radius 2 is 1.26 bits per heavy atom. The van der Waals surface area contributed by atoms with Crippen LogP contribution in [0.3, 0.4) is 0 Å². The second-order valence-electron chi connectivity index (χ2n) is 13.7. The summed E-state index contributed by atoms with van der Waals surface area (Å²) in [5, 5.41) is 0. The molecular formula is C39H46F2IN2O6-. The molecule has 2 aromatic rings. The van der Waals surface area contributed by atoms with Crippen molar-refractivity contribution in [1.29, 1.82) is 0 Å². The quantitative estimate of drug-likeness (QED) is 0.0715. The van der Waals surface area contributed by atoms with E-state index in [1.807, 2.05) is 0 Å². The fraction of sp³-hybridized carbons (Fsp3) is 0.487. The van der Waals surface area contributed by atoms with Gasteiger partial charge in [-0.05, 0) is 43.4 Å². The molecule has 0 spiro atoms. The molecule has 2 aliphatic heterocycles. The SMILES string of the molecule is CC1CCN(Cc2c(F)cccc2C(=O)C2CC2)C/C1=C/OC=O.CC1CCN(Cc2c(F)cccc2C(=O)C2CC2)C/C1=C/[I-]COC=O. The van der Waals surface area contributed by atoms with Gasteiger partial charge >= 0.3 is 164 Å². The molecule has 0 radical (unpaired) electrons. The first-order chi connectivity index (χ1) is 24.2. The van der Waals surface area contributed by atoms with E-state index < -0.39 is 0 Å². The second kappa shape index (κ2) is 18.3. The zero-order valence-electron chi connectivity index (χ0n) is 28.8. The number of rotatable bonds is 14. The molecule has 2 heterocycles. The number of ether oxygens (including phenoxy) is 2. The molecule has 2 atom stereocenters. The Bertz CT molecular complexity index is 1600. The van der Waals surface area contributed by atoms with Gasteiger partial charge in [-0.3, -0.25) is 14.5 Å². The predicted molar refractivity (Wildman–Crippen MR) is 180 cm³/mol. The zero-order chi connectivity index (χ0) is 35.6. The Labute approximate surface area is 303 Å². The van der Waals surface area contributed by atoms with Crippen molar-refractivity contribution in [2.24, 2.45) is 23.7 Å². The molecule has 8 nitrogen and oxygen atoms in total. The second-order valence-corrected chi connectivity index (χ2v) is 15.9. The van der Waals surface area contributed by atoms with Crippen molar-refractivity contribution < 1.29 is 58.6 Å². The van der Waals surface area contributed by atoms with Crippen LogP contribution in [0.25, 0.3) is 0 Å². The average molecular weight is 804 g/mol. The summed E-state index contributed by atoms with van der Waals surface area (Å²) in [7, 11) is 0. The standard InChI is InChI=1S/C20H24FINO3.C19H22FNO3/c1-14-7-8-23(10-16(14)9-22-12-26-13-24)11-18-17(3-2-4-19(18)21)20(25)15-5-6-15;1-13-7-8-21(9-15(13)11-24-12-22)10-17-16(3-2-4-18(17)20)19(23)14-5-6-14/h2-4,9,13-15H,5-8,10-12H2,1H3;2-4,11-14H,5-10H2,1H3/q-1;/b16-9-;15-11-. The number of hydrogen-bond donors (Lipinski definition) is 0. The van der Waals surface area contributed by atoms with Crippen molar-refractivity contribution >= 4 is 24.5 Å². The van der Waals surface area contributed by atoms with Gasteiger partial charge in [-0.2, -0.15) is 0 Å². The van der Waals surface area contributed by atoms with Crippen molar-refractivity contribution in [2.75, 3.05) is 30.8 Å². The number of piperidine rings is 2. The van der Waals surface area contributed by atoms with Crippen molar-refractivity contribution in [3.63, 3.8) is 0 Å². The molecule has 11 heteroatoms. The molecule has 0 aromatic heterocycles. The maximum absolute atomic E-state index is 14.5. The van der Waals surface area contributed by atoms with Gasteiger partial charge in [-0.15, -0.1) is 0 Å². The number of carbonyl (C=O) groups is 4. The van der Waals surface area contributed by atoms with Crippen LogP contribution in [0, 0.1) is 35.3 Å². The molecule has 2 unspecified atom stereocenters. The predicted octanol–water partition coefficient (Wildman–Crippen LogP) is 3.68. The number of ketones is 2. The molecule has 2 saturated heterocycles. The number of benzene rings is 2. The number of hydrogen-bond acceptors (Lipinski definition) is 8. The summed E-state index contributed by atoms with van der Waals surface area (Å²) >= 11 is -0.308. The van der Waals surface area contributed by atoms with E-state index in [1.54, 1.807) is 24.3 Å². The van der Waals surface area contributed by atoms with Crippen molar-refractivity contribution in [3.8, 4) is 0 Å². The van der Waals surface area contributed by atoms with Crippen LogP contribution in [0.4, 0.5) is 8.78 Å². The van der Waals surface area contributed by atoms with E-state index in [-0.39, 0.29) is 56.2 Å². The van der Waals surface area contributed by atoms with Crippen LogP contribution in [0.15, 0.2) is 57.9 Å². The van der Waals surface area contributed by atoms with Gasteiger partial charge in [0.05, 0.1) is 6.26 Å². The monoisotopic (exact) mass is 803 g/mol. The van der Waals surface area contributed by atoms with E-state index >= 15 is 0 Å². The van der Waals surface area contributed by atoms with Crippen LogP contribution >= 0.6 is 0 Å². The van der Waals surface area contributed by atoms with Crippen molar-refractivity contribution in [1.82, 2.24) is 9.80 Å². The minimum atomic E-state index is -0.324. The van der Waals surface area contributed by atoms with Crippen LogP contribution in [0.5, 0.6) is 0 Å². The molecule has 50 heavy (non-hydrogen) atoms. The number of carbonyl (C=O) groups excluding carboxylic acids is 4. The molecule has 2 aromatic carbocycles. The van der Waals surface area contributed by atoms with Gasteiger partial charge in [0.1, 0.15) is 5.82 Å². The Balaban J connectivity index is 0.000000195. The van der Waals surface area contributed by atoms with Crippen molar-refractivity contribution in [3.05, 3.63) is 91.8 Å². The first kappa shape index (κ1) is 38.0. The van der Waals surface area contributed by atoms with Crippen LogP contribution in [-0.2, 0) is 32.2 Å². The summed E-state index contributed by atoms with van der Waals surface area (Å²) in [6.07, 6.45) is 7.09. The first-order valence-corrected chi connectivity index (χ1v) is 20.1. The number of alkyl halides is 1. The number of likely N-dealkylation sites (tertiary alicyclic amines) is 2. The van der Waals surface area contributed by atoms with Gasteiger partial charge in [0.25, 0.3) is 6.47 Å². The van der Waals surface area contributed by atoms with E-state index in [0.717, 1.165) is 63.7 Å². The van der Waals surface area contributed by atoms with E-state index in [1.165, 1.54) is 24.0 Å². The summed E-state index contributed by atoms with van der Waals surface area (Å²) in [6, 6.07) is 9.61. The molecule has 4 fully saturated rings. The number of nitrogens with zero attached hydrogens (tertiary/aromatic N) is 2. The molecule has 0 bridgehead atoms. The van der Waals surface area contributed by atoms with Gasteiger partial charge in [0, 0.05) is 30.1 Å². The summed E-state index contributed by atoms with van der Waals surface area (Å²) in [6.45, 7) is 9.17. The van der Waals surface area contributed by atoms with Crippen LogP contribution in [-0.4, -0.2) is 65.1 Å². The Kier molecular flexibility index (Phi) is 13.9. The van der Waals surface area contributed by atoms with Gasteiger partial charge in [0.15, 0.2) is 5.78 Å². The summed E-state index contributed by atoms with van der Waals surface area (Å²) < 4.78 is 41.1. The summed E-state index contributed by atoms with van der Waals surface area (Å²) in [5.41, 5.74) is 4.45. The van der Waals surface area contributed by atoms with E-state index in [9.17, 15) is 28.0 Å². The van der Waals surface area contributed by atoms with Gasteiger partial charge < -0.3 is 4.74 Å². The molecule has 0 N–H and O–H groups in total. The average Bonchev–Trinajstić information content (AvgIpc) is 4.04. The molecule has 2 aliphatic carbocycles. The third kappa shape index (κ3) is 10.4. The molecule has 4 aliphatic rings. The molecule has 2 saturated carbocycles. The third-order valence-corrected chi connectivity index (χ3v) is 11.9. The van der Waals surface area contributed by atoms with Crippen molar-refractivity contribution in [2.45, 2.75) is 65.5 Å². The fourth-order valence-corrected chi connectivity index (χ4v) is 8.37.